The molecule has 0 unspecified atom stereocenters. The predicted molar refractivity (Wildman–Crippen MR) is 90.9 cm³/mol. The first-order valence-corrected chi connectivity index (χ1v) is 10.6. The van der Waals surface area contributed by atoms with Crippen LogP contribution in [0, 0.1) is 0 Å². The zero-order chi connectivity index (χ0) is 17.0. The Balaban J connectivity index is 2.38. The van der Waals surface area contributed by atoms with Gasteiger partial charge in [-0.2, -0.15) is 0 Å². The molecule has 0 aliphatic rings. The van der Waals surface area contributed by atoms with Crippen molar-refractivity contribution in [1.82, 2.24) is 0 Å². The molecule has 6 heteroatoms. The van der Waals surface area contributed by atoms with E-state index in [1.807, 2.05) is 12.1 Å². The zero-order valence-electron chi connectivity index (χ0n) is 13.6. The Morgan fingerprint density at radius 2 is 1.87 bits per heavy atom. The number of hydrogen-bond acceptors (Lipinski definition) is 3. The first kappa shape index (κ1) is 16.7. The number of benzene rings is 2. The van der Waals surface area contributed by atoms with Crippen LogP contribution < -0.4 is 4.57 Å². The first-order valence-electron chi connectivity index (χ1n) is 7.48. The molecule has 1 heterocycles. The van der Waals surface area contributed by atoms with Crippen molar-refractivity contribution >= 4 is 45.2 Å². The summed E-state index contributed by atoms with van der Waals surface area (Å²) in [4.78, 5) is -0.164. The van der Waals surface area contributed by atoms with E-state index in [9.17, 15) is 13.0 Å². The minimum atomic E-state index is -4.42. The summed E-state index contributed by atoms with van der Waals surface area (Å²) in [6, 6.07) is 8.64. The van der Waals surface area contributed by atoms with E-state index < -0.39 is 10.1 Å². The van der Waals surface area contributed by atoms with Crippen molar-refractivity contribution in [3.63, 3.8) is 0 Å². The second-order valence-corrected chi connectivity index (χ2v) is 10.1. The van der Waals surface area contributed by atoms with Gasteiger partial charge in [0.25, 0.3) is 0 Å². The molecule has 4 nitrogen and oxygen atoms in total. The van der Waals surface area contributed by atoms with Crippen molar-refractivity contribution in [3.05, 3.63) is 34.9 Å². The molecule has 2 aromatic carbocycles. The molecule has 0 N–H and O–H groups in total. The number of aryl methyl sites for hydroxylation is 1. The van der Waals surface area contributed by atoms with Crippen LogP contribution in [0.3, 0.4) is 0 Å². The van der Waals surface area contributed by atoms with Gasteiger partial charge in [0, 0.05) is 0 Å². The summed E-state index contributed by atoms with van der Waals surface area (Å²) >= 11 is 0.195. The van der Waals surface area contributed by atoms with Crippen LogP contribution in [0.5, 0.6) is 0 Å². The number of aromatic nitrogens is 1. The maximum atomic E-state index is 11.2. The summed E-state index contributed by atoms with van der Waals surface area (Å²) in [5, 5.41) is 1.86. The third-order valence-corrected chi connectivity index (χ3v) is 8.21. The van der Waals surface area contributed by atoms with E-state index in [0.29, 0.717) is 0 Å². The molecule has 0 saturated heterocycles. The van der Waals surface area contributed by atoms with E-state index in [1.165, 1.54) is 26.5 Å². The van der Waals surface area contributed by atoms with Gasteiger partial charge in [0.05, 0.1) is 0 Å². The molecule has 0 spiro atoms. The summed E-state index contributed by atoms with van der Waals surface area (Å²) in [5.74, 6) is 0. The molecule has 0 fully saturated rings. The van der Waals surface area contributed by atoms with Gasteiger partial charge >= 0.3 is 142 Å². The first-order chi connectivity index (χ1) is 10.6. The molecule has 23 heavy (non-hydrogen) atoms. The second kappa shape index (κ2) is 5.42. The average molecular weight is 396 g/mol. The Morgan fingerprint density at radius 3 is 2.43 bits per heavy atom. The quantitative estimate of drug-likeness (QED) is 0.380. The fourth-order valence-corrected chi connectivity index (χ4v) is 6.35. The normalized spacial score (nSPS) is 13.1. The van der Waals surface area contributed by atoms with Gasteiger partial charge in [-0.05, 0) is 0 Å². The summed E-state index contributed by atoms with van der Waals surface area (Å²) < 4.78 is 38.8. The molecule has 0 radical (unpaired) electrons. The number of hydrogen-bond donors (Lipinski definition) is 0. The van der Waals surface area contributed by atoms with E-state index >= 15 is 0 Å². The van der Waals surface area contributed by atoms with E-state index in [-0.39, 0.29) is 24.8 Å². The number of fused-ring (bicyclic) bond motifs is 3. The minimum absolute atomic E-state index is 0.0969. The summed E-state index contributed by atoms with van der Waals surface area (Å²) in [5.41, 5.74) is 1.31. The van der Waals surface area contributed by atoms with E-state index in [0.717, 1.165) is 17.3 Å². The number of nitrogens with zero attached hydrogens (tertiary/aromatic N) is 1. The topological polar surface area (TPSA) is 61.1 Å². The standard InChI is InChI=1S/C17H19NO3SSe/c1-5-18-14-9-6-11-10-12(22(19,20)21)7-8-13(11)15(14)23-16(18)17(2,3)4/h6-10H,5H2,1-4H3. The predicted octanol–water partition coefficient (Wildman–Crippen LogP) is 2.56. The summed E-state index contributed by atoms with van der Waals surface area (Å²) in [6.45, 7) is 9.74. The molecule has 0 atom stereocenters. The molecule has 0 amide bonds. The van der Waals surface area contributed by atoms with Crippen molar-refractivity contribution in [2.45, 2.75) is 44.6 Å². The van der Waals surface area contributed by atoms with Crippen LogP contribution in [0.4, 0.5) is 0 Å². The molecule has 0 saturated carbocycles. The van der Waals surface area contributed by atoms with Crippen LogP contribution in [0.2, 0.25) is 0 Å². The van der Waals surface area contributed by atoms with Gasteiger partial charge < -0.3 is 0 Å². The molecule has 1 aromatic heterocycles. The van der Waals surface area contributed by atoms with Gasteiger partial charge in [0.2, 0.25) is 0 Å². The molecule has 0 aliphatic heterocycles. The van der Waals surface area contributed by atoms with Crippen LogP contribution in [-0.2, 0) is 22.1 Å². The van der Waals surface area contributed by atoms with Gasteiger partial charge in [-0.25, -0.2) is 0 Å². The van der Waals surface area contributed by atoms with Crippen molar-refractivity contribution in [1.29, 1.82) is 0 Å². The van der Waals surface area contributed by atoms with Gasteiger partial charge in [-0.1, -0.05) is 0 Å². The van der Waals surface area contributed by atoms with Crippen molar-refractivity contribution in [3.8, 4) is 0 Å². The van der Waals surface area contributed by atoms with Crippen LogP contribution in [-0.4, -0.2) is 27.5 Å². The van der Waals surface area contributed by atoms with Crippen LogP contribution in [0.15, 0.2) is 35.2 Å². The third kappa shape index (κ3) is 2.85. The monoisotopic (exact) mass is 397 g/mol. The summed E-state index contributed by atoms with van der Waals surface area (Å²) in [6.07, 6.45) is 0. The SMILES string of the molecule is CC[n+]1c(C(C)(C)C)[se]c2c3ccc(S(=O)(=O)[O-])cc3ccc21. The number of rotatable bonds is 2. The Hall–Kier alpha value is -1.20. The molecule has 3 aromatic rings. The molecule has 122 valence electrons. The van der Waals surface area contributed by atoms with Crippen molar-refractivity contribution in [2.24, 2.45) is 0 Å². The Kier molecular flexibility index (Phi) is 3.92. The molecule has 3 rings (SSSR count). The van der Waals surface area contributed by atoms with Gasteiger partial charge in [0.15, 0.2) is 0 Å². The molecule has 0 aliphatic carbocycles. The second-order valence-electron chi connectivity index (χ2n) is 6.65. The Morgan fingerprint density at radius 1 is 1.17 bits per heavy atom. The maximum absolute atomic E-state index is 11.2. The average Bonchev–Trinajstić information content (AvgIpc) is 2.84. The fourth-order valence-electron chi connectivity index (χ4n) is 2.88. The molecular formula is C17H19NO3SSe. The zero-order valence-corrected chi connectivity index (χ0v) is 16.1. The Bertz CT molecular complexity index is 1010. The third-order valence-electron chi connectivity index (χ3n) is 3.90. The summed E-state index contributed by atoms with van der Waals surface area (Å²) in [7, 11) is -4.42. The fraction of sp³-hybridized carbons (Fsp3) is 0.353. The molecular weight excluding hydrogens is 377 g/mol. The van der Waals surface area contributed by atoms with Gasteiger partial charge in [-0.15, -0.1) is 0 Å². The van der Waals surface area contributed by atoms with Gasteiger partial charge in [-0.3, -0.25) is 0 Å². The van der Waals surface area contributed by atoms with Crippen molar-refractivity contribution in [2.75, 3.05) is 0 Å². The van der Waals surface area contributed by atoms with Crippen LogP contribution in [0.1, 0.15) is 32.3 Å². The Labute approximate surface area is 142 Å². The van der Waals surface area contributed by atoms with E-state index in [2.05, 4.69) is 32.3 Å². The van der Waals surface area contributed by atoms with E-state index in [1.54, 1.807) is 6.07 Å². The van der Waals surface area contributed by atoms with Gasteiger partial charge in [0.1, 0.15) is 0 Å². The van der Waals surface area contributed by atoms with Crippen LogP contribution >= 0.6 is 0 Å². The van der Waals surface area contributed by atoms with E-state index in [4.69, 9.17) is 0 Å². The van der Waals surface area contributed by atoms with Crippen LogP contribution in [0.25, 0.3) is 20.5 Å². The molecule has 0 bridgehead atoms. The van der Waals surface area contributed by atoms with Crippen molar-refractivity contribution < 1.29 is 17.5 Å².